The summed E-state index contributed by atoms with van der Waals surface area (Å²) in [7, 11) is 0. The van der Waals surface area contributed by atoms with E-state index >= 15 is 0 Å². The average Bonchev–Trinajstić information content (AvgIpc) is 3.22. The van der Waals surface area contributed by atoms with Gasteiger partial charge in [-0.3, -0.25) is 13.5 Å². The van der Waals surface area contributed by atoms with Gasteiger partial charge in [-0.05, 0) is 66.8 Å². The van der Waals surface area contributed by atoms with E-state index in [1.165, 1.54) is 29.2 Å². The molecule has 0 saturated carbocycles. The minimum Gasteiger partial charge on any atom is -0.390 e. The molecule has 0 aliphatic heterocycles. The van der Waals surface area contributed by atoms with Crippen molar-refractivity contribution >= 4 is 27.5 Å². The van der Waals surface area contributed by atoms with Gasteiger partial charge in [0.25, 0.3) is 11.5 Å². The van der Waals surface area contributed by atoms with E-state index < -0.39 is 29.7 Å². The van der Waals surface area contributed by atoms with Crippen molar-refractivity contribution in [3.8, 4) is 0 Å². The SMILES string of the molecule is CCc1cccc(CNC[C@@H](O)[C@H](Cc2cc(F)cc(F)c2)NC(=O)c2ccc3c(=O)n(CC)sc3c2)c1. The predicted octanol–water partition coefficient (Wildman–Crippen LogP) is 4.42. The molecule has 200 valence electrons. The molecule has 0 aliphatic rings. The van der Waals surface area contributed by atoms with Gasteiger partial charge < -0.3 is 15.7 Å². The molecule has 3 N–H and O–H groups in total. The van der Waals surface area contributed by atoms with Crippen molar-refractivity contribution in [2.45, 2.75) is 51.9 Å². The van der Waals surface area contributed by atoms with Crippen LogP contribution in [0.15, 0.2) is 65.5 Å². The number of carbonyl (C=O) groups excluding carboxylic acids is 1. The zero-order chi connectivity index (χ0) is 27.2. The smallest absolute Gasteiger partial charge is 0.268 e. The van der Waals surface area contributed by atoms with Crippen LogP contribution < -0.4 is 16.2 Å². The molecule has 0 bridgehead atoms. The summed E-state index contributed by atoms with van der Waals surface area (Å²) >= 11 is 1.28. The molecule has 2 atom stereocenters. The van der Waals surface area contributed by atoms with Crippen LogP contribution in [0.25, 0.3) is 10.1 Å². The van der Waals surface area contributed by atoms with E-state index in [0.717, 1.165) is 18.1 Å². The highest BCUT2D eigenvalue weighted by molar-refractivity contribution is 7.13. The fourth-order valence-electron chi connectivity index (χ4n) is 4.40. The van der Waals surface area contributed by atoms with Crippen LogP contribution in [0.1, 0.15) is 40.9 Å². The quantitative estimate of drug-likeness (QED) is 0.264. The van der Waals surface area contributed by atoms with Gasteiger partial charge in [0.05, 0.1) is 22.2 Å². The summed E-state index contributed by atoms with van der Waals surface area (Å²) in [5.41, 5.74) is 2.82. The highest BCUT2D eigenvalue weighted by Gasteiger charge is 2.23. The van der Waals surface area contributed by atoms with Crippen molar-refractivity contribution in [2.75, 3.05) is 6.54 Å². The maximum atomic E-state index is 13.8. The lowest BCUT2D eigenvalue weighted by molar-refractivity contribution is 0.0830. The number of benzene rings is 3. The van der Waals surface area contributed by atoms with Crippen molar-refractivity contribution in [3.63, 3.8) is 0 Å². The minimum absolute atomic E-state index is 0.0242. The molecular weight excluding hydrogens is 508 g/mol. The third-order valence-electron chi connectivity index (χ3n) is 6.44. The maximum absolute atomic E-state index is 13.8. The highest BCUT2D eigenvalue weighted by Crippen LogP contribution is 2.19. The number of carbonyl (C=O) groups is 1. The third-order valence-corrected chi connectivity index (χ3v) is 7.62. The first kappa shape index (κ1) is 27.6. The van der Waals surface area contributed by atoms with Gasteiger partial charge in [-0.2, -0.15) is 0 Å². The van der Waals surface area contributed by atoms with Gasteiger partial charge in [-0.15, -0.1) is 0 Å². The van der Waals surface area contributed by atoms with Crippen molar-refractivity contribution in [2.24, 2.45) is 0 Å². The van der Waals surface area contributed by atoms with Crippen LogP contribution in [-0.4, -0.2) is 33.7 Å². The summed E-state index contributed by atoms with van der Waals surface area (Å²) in [6, 6.07) is 15.3. The molecule has 0 aliphatic carbocycles. The molecule has 38 heavy (non-hydrogen) atoms. The number of aryl methyl sites for hydroxylation is 2. The lowest BCUT2D eigenvalue weighted by atomic mass is 10.00. The van der Waals surface area contributed by atoms with Crippen LogP contribution in [-0.2, 0) is 25.9 Å². The Morgan fingerprint density at radius 1 is 1.00 bits per heavy atom. The number of fused-ring (bicyclic) bond motifs is 1. The number of aromatic nitrogens is 1. The van der Waals surface area contributed by atoms with E-state index in [0.29, 0.717) is 34.3 Å². The molecule has 9 heteroatoms. The number of aliphatic hydroxyl groups excluding tert-OH is 1. The molecule has 0 fully saturated rings. The Labute approximate surface area is 224 Å². The van der Waals surface area contributed by atoms with E-state index in [9.17, 15) is 23.5 Å². The van der Waals surface area contributed by atoms with Gasteiger partial charge in [-0.25, -0.2) is 8.78 Å². The molecule has 0 spiro atoms. The molecule has 1 aromatic heterocycles. The first-order chi connectivity index (χ1) is 18.3. The summed E-state index contributed by atoms with van der Waals surface area (Å²) in [4.78, 5) is 25.6. The number of halogens is 2. The molecule has 0 radical (unpaired) electrons. The number of amides is 1. The number of nitrogens with one attached hydrogen (secondary N) is 2. The van der Waals surface area contributed by atoms with Gasteiger partial charge in [0.15, 0.2) is 0 Å². The maximum Gasteiger partial charge on any atom is 0.268 e. The van der Waals surface area contributed by atoms with Crippen LogP contribution in [0.5, 0.6) is 0 Å². The summed E-state index contributed by atoms with van der Waals surface area (Å²) in [6.45, 7) is 5.16. The van der Waals surface area contributed by atoms with Gasteiger partial charge in [-0.1, -0.05) is 42.7 Å². The summed E-state index contributed by atoms with van der Waals surface area (Å²) in [6.07, 6.45) is -0.0997. The summed E-state index contributed by atoms with van der Waals surface area (Å²) < 4.78 is 30.0. The molecule has 4 aromatic rings. The Morgan fingerprint density at radius 2 is 1.74 bits per heavy atom. The lowest BCUT2D eigenvalue weighted by Gasteiger charge is -2.25. The molecule has 4 rings (SSSR count). The second-order valence-electron chi connectivity index (χ2n) is 9.24. The van der Waals surface area contributed by atoms with E-state index in [1.807, 2.05) is 19.1 Å². The fraction of sp³-hybridized carbons (Fsp3) is 0.310. The van der Waals surface area contributed by atoms with Crippen molar-refractivity contribution in [3.05, 3.63) is 105 Å². The molecule has 0 unspecified atom stereocenters. The van der Waals surface area contributed by atoms with Crippen LogP contribution in [0, 0.1) is 11.6 Å². The molecule has 1 heterocycles. The standard InChI is InChI=1S/C29H31F2N3O3S/c1-3-18-6-5-7-19(10-18)16-32-17-26(35)25(13-20-11-22(30)15-23(31)12-20)33-28(36)21-8-9-24-27(14-21)38-34(4-2)29(24)37/h5-12,14-15,25-26,32,35H,3-4,13,16-17H2,1-2H3,(H,33,36)/t25-,26+/m0/s1. The van der Waals surface area contributed by atoms with Gasteiger partial charge >= 0.3 is 0 Å². The second-order valence-corrected chi connectivity index (χ2v) is 10.3. The molecule has 0 saturated heterocycles. The van der Waals surface area contributed by atoms with E-state index in [-0.39, 0.29) is 18.5 Å². The van der Waals surface area contributed by atoms with Gasteiger partial charge in [0.2, 0.25) is 0 Å². The normalized spacial score (nSPS) is 13.0. The Balaban J connectivity index is 1.51. The summed E-state index contributed by atoms with van der Waals surface area (Å²) in [5, 5.41) is 17.6. The van der Waals surface area contributed by atoms with Crippen LogP contribution >= 0.6 is 11.5 Å². The fourth-order valence-corrected chi connectivity index (χ4v) is 5.38. The lowest BCUT2D eigenvalue weighted by Crippen LogP contribution is -2.48. The third kappa shape index (κ3) is 6.72. The number of nitrogens with zero attached hydrogens (tertiary/aromatic N) is 1. The van der Waals surface area contributed by atoms with Crippen molar-refractivity contribution in [1.82, 2.24) is 14.6 Å². The van der Waals surface area contributed by atoms with Crippen LogP contribution in [0.4, 0.5) is 8.78 Å². The molecule has 6 nitrogen and oxygen atoms in total. The number of hydrogen-bond donors (Lipinski definition) is 3. The first-order valence-electron chi connectivity index (χ1n) is 12.6. The zero-order valence-corrected chi connectivity index (χ0v) is 22.2. The number of aliphatic hydroxyl groups is 1. The topological polar surface area (TPSA) is 83.4 Å². The monoisotopic (exact) mass is 539 g/mol. The van der Waals surface area contributed by atoms with Gasteiger partial charge in [0.1, 0.15) is 11.6 Å². The van der Waals surface area contributed by atoms with E-state index in [1.54, 1.807) is 22.2 Å². The second kappa shape index (κ2) is 12.4. The zero-order valence-electron chi connectivity index (χ0n) is 21.3. The van der Waals surface area contributed by atoms with Crippen molar-refractivity contribution in [1.29, 1.82) is 0 Å². The van der Waals surface area contributed by atoms with Crippen molar-refractivity contribution < 1.29 is 18.7 Å². The van der Waals surface area contributed by atoms with E-state index in [2.05, 4.69) is 29.7 Å². The van der Waals surface area contributed by atoms with Gasteiger partial charge in [0, 0.05) is 31.3 Å². The largest absolute Gasteiger partial charge is 0.390 e. The minimum atomic E-state index is -1.04. The molecule has 3 aromatic carbocycles. The Kier molecular flexibility index (Phi) is 9.04. The first-order valence-corrected chi connectivity index (χ1v) is 13.4. The van der Waals surface area contributed by atoms with Crippen LogP contribution in [0.3, 0.4) is 0 Å². The summed E-state index contributed by atoms with van der Waals surface area (Å²) in [5.74, 6) is -1.91. The average molecular weight is 540 g/mol. The Bertz CT molecular complexity index is 1460. The van der Waals surface area contributed by atoms with E-state index in [4.69, 9.17) is 0 Å². The number of hydrogen-bond acceptors (Lipinski definition) is 5. The number of rotatable bonds is 11. The Morgan fingerprint density at radius 3 is 2.45 bits per heavy atom. The molecule has 1 amide bonds. The highest BCUT2D eigenvalue weighted by atomic mass is 32.1. The molecular formula is C29H31F2N3O3S. The van der Waals surface area contributed by atoms with Crippen LogP contribution in [0.2, 0.25) is 0 Å². The predicted molar refractivity (Wildman–Crippen MR) is 147 cm³/mol. The Hall–Kier alpha value is -3.40.